The van der Waals surface area contributed by atoms with E-state index >= 15 is 0 Å². The van der Waals surface area contributed by atoms with Gasteiger partial charge in [0.25, 0.3) is 10.0 Å². The van der Waals surface area contributed by atoms with E-state index in [-0.39, 0.29) is 15.9 Å². The molecule has 0 saturated heterocycles. The van der Waals surface area contributed by atoms with Crippen molar-refractivity contribution in [2.24, 2.45) is 5.10 Å². The van der Waals surface area contributed by atoms with Crippen molar-refractivity contribution in [2.45, 2.75) is 11.8 Å². The molecule has 0 bridgehead atoms. The molecule has 0 aliphatic heterocycles. The molecule has 1 heterocycles. The van der Waals surface area contributed by atoms with Gasteiger partial charge >= 0.3 is 0 Å². The van der Waals surface area contributed by atoms with Crippen molar-refractivity contribution in [2.75, 3.05) is 10.1 Å². The Kier molecular flexibility index (Phi) is 5.68. The molecule has 27 heavy (non-hydrogen) atoms. The maximum atomic E-state index is 12.5. The van der Waals surface area contributed by atoms with Crippen LogP contribution < -0.4 is 10.1 Å². The highest BCUT2D eigenvalue weighted by molar-refractivity contribution is 7.92. The van der Waals surface area contributed by atoms with Gasteiger partial charge in [-0.05, 0) is 24.6 Å². The second kappa shape index (κ2) is 8.15. The Morgan fingerprint density at radius 2 is 1.74 bits per heavy atom. The fraction of sp³-hybridized carbons (Fsp3) is 0.0556. The first kappa shape index (κ1) is 18.8. The zero-order valence-corrected chi connectivity index (χ0v) is 15.9. The standard InChI is InChI=1S/C18H16ClN5O2S/c1-13-11-17(23-20-12-14-7-3-2-4-8-14)22-18(21-13)24-27(25,26)16-10-6-5-9-15(16)19/h2-12H,1H3,(H2,21,22,23,24)/b20-12+. The van der Waals surface area contributed by atoms with Crippen LogP contribution in [0.2, 0.25) is 5.02 Å². The SMILES string of the molecule is Cc1cc(N/N=C/c2ccccc2)nc(NS(=O)(=O)c2ccccc2Cl)n1. The van der Waals surface area contributed by atoms with E-state index in [2.05, 4.69) is 25.2 Å². The lowest BCUT2D eigenvalue weighted by Crippen LogP contribution is -2.16. The van der Waals surface area contributed by atoms with Gasteiger partial charge in [0.2, 0.25) is 5.95 Å². The molecule has 0 fully saturated rings. The third-order valence-electron chi connectivity index (χ3n) is 3.40. The fourth-order valence-corrected chi connectivity index (χ4v) is 3.69. The first-order chi connectivity index (χ1) is 12.9. The zero-order valence-electron chi connectivity index (χ0n) is 14.3. The average Bonchev–Trinajstić information content (AvgIpc) is 2.62. The van der Waals surface area contributed by atoms with Crippen molar-refractivity contribution in [1.29, 1.82) is 0 Å². The van der Waals surface area contributed by atoms with Crippen molar-refractivity contribution >= 4 is 39.6 Å². The minimum atomic E-state index is -3.91. The lowest BCUT2D eigenvalue weighted by Gasteiger charge is -2.09. The lowest BCUT2D eigenvalue weighted by molar-refractivity contribution is 0.601. The van der Waals surface area contributed by atoms with E-state index in [0.717, 1.165) is 5.56 Å². The molecule has 3 rings (SSSR count). The Balaban J connectivity index is 1.79. The van der Waals surface area contributed by atoms with Crippen LogP contribution >= 0.6 is 11.6 Å². The fourth-order valence-electron chi connectivity index (χ4n) is 2.22. The van der Waals surface area contributed by atoms with Gasteiger partial charge in [-0.3, -0.25) is 5.43 Å². The van der Waals surface area contributed by atoms with Crippen molar-refractivity contribution in [3.63, 3.8) is 0 Å². The highest BCUT2D eigenvalue weighted by Crippen LogP contribution is 2.22. The molecule has 3 aromatic rings. The van der Waals surface area contributed by atoms with Gasteiger partial charge in [0, 0.05) is 11.8 Å². The quantitative estimate of drug-likeness (QED) is 0.485. The number of hydrogen-bond acceptors (Lipinski definition) is 6. The number of aromatic nitrogens is 2. The molecule has 2 N–H and O–H groups in total. The van der Waals surface area contributed by atoms with Gasteiger partial charge in [0.05, 0.1) is 11.2 Å². The predicted molar refractivity (Wildman–Crippen MR) is 107 cm³/mol. The molecular formula is C18H16ClN5O2S. The third-order valence-corrected chi connectivity index (χ3v) is 5.23. The van der Waals surface area contributed by atoms with Crippen molar-refractivity contribution < 1.29 is 8.42 Å². The Morgan fingerprint density at radius 3 is 2.48 bits per heavy atom. The Labute approximate surface area is 162 Å². The van der Waals surface area contributed by atoms with Crippen molar-refractivity contribution in [1.82, 2.24) is 9.97 Å². The number of hydrazone groups is 1. The Hall–Kier alpha value is -2.97. The topological polar surface area (TPSA) is 96.3 Å². The van der Waals surface area contributed by atoms with Crippen LogP contribution in [0, 0.1) is 6.92 Å². The van der Waals surface area contributed by atoms with Crippen LogP contribution in [0.1, 0.15) is 11.3 Å². The van der Waals surface area contributed by atoms with Crippen LogP contribution in [0.5, 0.6) is 0 Å². The van der Waals surface area contributed by atoms with Crippen molar-refractivity contribution in [3.05, 3.63) is 76.9 Å². The zero-order chi connectivity index (χ0) is 19.3. The number of nitrogens with zero attached hydrogens (tertiary/aromatic N) is 3. The summed E-state index contributed by atoms with van der Waals surface area (Å²) in [4.78, 5) is 8.19. The van der Waals surface area contributed by atoms with E-state index in [1.165, 1.54) is 12.1 Å². The molecule has 2 aromatic carbocycles. The number of benzene rings is 2. The van der Waals surface area contributed by atoms with Crippen LogP contribution in [0.3, 0.4) is 0 Å². The van der Waals surface area contributed by atoms with E-state index in [4.69, 9.17) is 11.6 Å². The molecule has 1 aromatic heterocycles. The number of aryl methyl sites for hydroxylation is 1. The number of sulfonamides is 1. The number of rotatable bonds is 6. The first-order valence-electron chi connectivity index (χ1n) is 7.91. The van der Waals surface area contributed by atoms with Crippen LogP contribution in [0.4, 0.5) is 11.8 Å². The van der Waals surface area contributed by atoms with Gasteiger partial charge < -0.3 is 0 Å². The Bertz CT molecular complexity index is 1070. The molecule has 0 spiro atoms. The largest absolute Gasteiger partial charge is 0.265 e. The molecule has 9 heteroatoms. The normalized spacial score (nSPS) is 11.5. The van der Waals surface area contributed by atoms with Gasteiger partial charge in [-0.25, -0.2) is 18.1 Å². The molecule has 0 aliphatic carbocycles. The number of anilines is 2. The first-order valence-corrected chi connectivity index (χ1v) is 9.77. The van der Waals surface area contributed by atoms with Gasteiger partial charge in [0.1, 0.15) is 4.90 Å². The molecule has 7 nitrogen and oxygen atoms in total. The van der Waals surface area contributed by atoms with Crippen LogP contribution in [0.25, 0.3) is 0 Å². The molecule has 0 amide bonds. The molecule has 0 unspecified atom stereocenters. The summed E-state index contributed by atoms with van der Waals surface area (Å²) in [5.41, 5.74) is 4.25. The van der Waals surface area contributed by atoms with Crippen LogP contribution in [-0.2, 0) is 10.0 Å². The second-order valence-electron chi connectivity index (χ2n) is 5.53. The van der Waals surface area contributed by atoms with Gasteiger partial charge in [-0.1, -0.05) is 54.1 Å². The van der Waals surface area contributed by atoms with Crippen LogP contribution in [-0.4, -0.2) is 24.6 Å². The summed E-state index contributed by atoms with van der Waals surface area (Å²) in [6.07, 6.45) is 1.63. The summed E-state index contributed by atoms with van der Waals surface area (Å²) < 4.78 is 27.4. The number of nitrogens with one attached hydrogen (secondary N) is 2. The maximum absolute atomic E-state index is 12.5. The molecule has 0 radical (unpaired) electrons. The smallest absolute Gasteiger partial charge is 0.261 e. The van der Waals surface area contributed by atoms with E-state index in [1.54, 1.807) is 31.3 Å². The van der Waals surface area contributed by atoms with E-state index < -0.39 is 10.0 Å². The second-order valence-corrected chi connectivity index (χ2v) is 7.59. The molecule has 0 atom stereocenters. The summed E-state index contributed by atoms with van der Waals surface area (Å²) in [6, 6.07) is 17.3. The molecule has 0 saturated carbocycles. The highest BCUT2D eigenvalue weighted by atomic mass is 35.5. The van der Waals surface area contributed by atoms with E-state index in [1.807, 2.05) is 30.3 Å². The minimum absolute atomic E-state index is 0.0478. The minimum Gasteiger partial charge on any atom is -0.261 e. The predicted octanol–water partition coefficient (Wildman–Crippen LogP) is 3.69. The third kappa shape index (κ3) is 5.02. The average molecular weight is 402 g/mol. The van der Waals surface area contributed by atoms with E-state index in [0.29, 0.717) is 11.5 Å². The highest BCUT2D eigenvalue weighted by Gasteiger charge is 2.19. The molecular weight excluding hydrogens is 386 g/mol. The lowest BCUT2D eigenvalue weighted by atomic mass is 10.2. The summed E-state index contributed by atoms with van der Waals surface area (Å²) in [5.74, 6) is 0.277. The summed E-state index contributed by atoms with van der Waals surface area (Å²) in [5, 5.41) is 4.21. The number of halogens is 1. The van der Waals surface area contributed by atoms with E-state index in [9.17, 15) is 8.42 Å². The summed E-state index contributed by atoms with van der Waals surface area (Å²) in [6.45, 7) is 1.72. The Morgan fingerprint density at radius 1 is 1.04 bits per heavy atom. The molecule has 0 aliphatic rings. The summed E-state index contributed by atoms with van der Waals surface area (Å²) >= 11 is 5.97. The van der Waals surface area contributed by atoms with Gasteiger partial charge in [0.15, 0.2) is 5.82 Å². The molecule has 138 valence electrons. The summed E-state index contributed by atoms with van der Waals surface area (Å²) in [7, 11) is -3.91. The monoisotopic (exact) mass is 401 g/mol. The maximum Gasteiger partial charge on any atom is 0.265 e. The van der Waals surface area contributed by atoms with Crippen LogP contribution in [0.15, 0.2) is 70.7 Å². The van der Waals surface area contributed by atoms with Crippen molar-refractivity contribution in [3.8, 4) is 0 Å². The van der Waals surface area contributed by atoms with Gasteiger partial charge in [-0.2, -0.15) is 10.1 Å². The van der Waals surface area contributed by atoms with Gasteiger partial charge in [-0.15, -0.1) is 0 Å². The number of hydrogen-bond donors (Lipinski definition) is 2.